The van der Waals surface area contributed by atoms with Crippen molar-refractivity contribution in [1.29, 1.82) is 0 Å². The second kappa shape index (κ2) is 8.73. The number of carbonyl (C=O) groups is 1. The first-order valence-corrected chi connectivity index (χ1v) is 9.94. The minimum Gasteiger partial charge on any atom is -0.348 e. The second-order valence-electron chi connectivity index (χ2n) is 6.02. The molecule has 1 heterocycles. The highest BCUT2D eigenvalue weighted by molar-refractivity contribution is 7.89. The number of amides is 1. The predicted octanol–water partition coefficient (Wildman–Crippen LogP) is 2.63. The van der Waals surface area contributed by atoms with Crippen LogP contribution in [0.3, 0.4) is 0 Å². The zero-order chi connectivity index (χ0) is 20.0. The summed E-state index contributed by atoms with van der Waals surface area (Å²) in [5.74, 6) is -0.775. The fourth-order valence-electron chi connectivity index (χ4n) is 2.45. The van der Waals surface area contributed by atoms with Crippen LogP contribution in [-0.2, 0) is 23.1 Å². The SMILES string of the molecule is O=C(NCc1ccc(F)cc1)c1cccc(S(=O)(=O)NCc2ccncc2)c1. The topological polar surface area (TPSA) is 88.2 Å². The van der Waals surface area contributed by atoms with Gasteiger partial charge in [-0.1, -0.05) is 18.2 Å². The van der Waals surface area contributed by atoms with Crippen LogP contribution in [-0.4, -0.2) is 19.3 Å². The van der Waals surface area contributed by atoms with Crippen molar-refractivity contribution in [3.8, 4) is 0 Å². The number of benzene rings is 2. The third-order valence-electron chi connectivity index (χ3n) is 3.99. The van der Waals surface area contributed by atoms with E-state index in [0.29, 0.717) is 0 Å². The molecule has 0 saturated heterocycles. The normalized spacial score (nSPS) is 11.2. The Kier molecular flexibility index (Phi) is 6.13. The van der Waals surface area contributed by atoms with Crippen molar-refractivity contribution in [2.45, 2.75) is 18.0 Å². The minimum absolute atomic E-state index is 0.00371. The lowest BCUT2D eigenvalue weighted by atomic mass is 10.2. The molecule has 0 aliphatic rings. The summed E-state index contributed by atoms with van der Waals surface area (Å²) in [5.41, 5.74) is 1.72. The van der Waals surface area contributed by atoms with Gasteiger partial charge in [0, 0.05) is 31.0 Å². The number of nitrogens with zero attached hydrogens (tertiary/aromatic N) is 1. The molecule has 0 fully saturated rings. The molecule has 2 aromatic carbocycles. The molecule has 1 amide bonds. The summed E-state index contributed by atoms with van der Waals surface area (Å²) < 4.78 is 40.4. The number of nitrogens with one attached hydrogen (secondary N) is 2. The standard InChI is InChI=1S/C20H18FN3O3S/c21-18-6-4-15(5-7-18)13-23-20(25)17-2-1-3-19(12-17)28(26,27)24-14-16-8-10-22-11-9-16/h1-12,24H,13-14H2,(H,23,25). The first-order valence-electron chi connectivity index (χ1n) is 8.45. The van der Waals surface area contributed by atoms with Crippen LogP contribution in [0, 0.1) is 5.82 Å². The zero-order valence-electron chi connectivity index (χ0n) is 14.8. The predicted molar refractivity (Wildman–Crippen MR) is 102 cm³/mol. The summed E-state index contributed by atoms with van der Waals surface area (Å²) in [7, 11) is -3.78. The smallest absolute Gasteiger partial charge is 0.251 e. The molecular formula is C20H18FN3O3S. The van der Waals surface area contributed by atoms with E-state index in [4.69, 9.17) is 0 Å². The summed E-state index contributed by atoms with van der Waals surface area (Å²) in [6.07, 6.45) is 3.16. The van der Waals surface area contributed by atoms with Crippen LogP contribution in [0.2, 0.25) is 0 Å². The van der Waals surface area contributed by atoms with E-state index in [1.54, 1.807) is 36.7 Å². The van der Waals surface area contributed by atoms with Gasteiger partial charge in [-0.3, -0.25) is 9.78 Å². The van der Waals surface area contributed by atoms with Crippen molar-refractivity contribution in [1.82, 2.24) is 15.0 Å². The zero-order valence-corrected chi connectivity index (χ0v) is 15.6. The molecule has 0 bridgehead atoms. The van der Waals surface area contributed by atoms with E-state index in [9.17, 15) is 17.6 Å². The van der Waals surface area contributed by atoms with Gasteiger partial charge in [-0.2, -0.15) is 0 Å². The second-order valence-corrected chi connectivity index (χ2v) is 7.78. The maximum absolute atomic E-state index is 12.9. The van der Waals surface area contributed by atoms with E-state index in [2.05, 4.69) is 15.0 Å². The van der Waals surface area contributed by atoms with E-state index >= 15 is 0 Å². The molecule has 0 aliphatic heterocycles. The van der Waals surface area contributed by atoms with Crippen LogP contribution in [0.15, 0.2) is 78.0 Å². The lowest BCUT2D eigenvalue weighted by molar-refractivity contribution is 0.0950. The Labute approximate surface area is 162 Å². The highest BCUT2D eigenvalue weighted by atomic mass is 32.2. The molecule has 0 saturated carbocycles. The Bertz CT molecular complexity index is 1060. The Morgan fingerprint density at radius 2 is 1.61 bits per heavy atom. The molecule has 2 N–H and O–H groups in total. The first kappa shape index (κ1) is 19.7. The van der Waals surface area contributed by atoms with Crippen LogP contribution in [0.4, 0.5) is 4.39 Å². The van der Waals surface area contributed by atoms with Gasteiger partial charge in [-0.05, 0) is 53.6 Å². The number of hydrogen-bond acceptors (Lipinski definition) is 4. The van der Waals surface area contributed by atoms with Gasteiger partial charge in [0.15, 0.2) is 0 Å². The summed E-state index contributed by atoms with van der Waals surface area (Å²) in [6.45, 7) is 0.322. The number of carbonyl (C=O) groups excluding carboxylic acids is 1. The average molecular weight is 399 g/mol. The number of aromatic nitrogens is 1. The van der Waals surface area contributed by atoms with Crippen molar-refractivity contribution in [2.75, 3.05) is 0 Å². The largest absolute Gasteiger partial charge is 0.348 e. The van der Waals surface area contributed by atoms with Gasteiger partial charge in [0.2, 0.25) is 10.0 Å². The number of hydrogen-bond donors (Lipinski definition) is 2. The van der Waals surface area contributed by atoms with Crippen molar-refractivity contribution < 1.29 is 17.6 Å². The first-order chi connectivity index (χ1) is 13.4. The lowest BCUT2D eigenvalue weighted by Gasteiger charge is -2.09. The van der Waals surface area contributed by atoms with Gasteiger partial charge >= 0.3 is 0 Å². The van der Waals surface area contributed by atoms with Gasteiger partial charge < -0.3 is 5.32 Å². The van der Waals surface area contributed by atoms with Crippen LogP contribution < -0.4 is 10.0 Å². The third kappa shape index (κ3) is 5.21. The number of halogens is 1. The molecule has 3 aromatic rings. The number of rotatable bonds is 7. The van der Waals surface area contributed by atoms with Crippen molar-refractivity contribution in [2.24, 2.45) is 0 Å². The van der Waals surface area contributed by atoms with Gasteiger partial charge in [0.05, 0.1) is 4.90 Å². The van der Waals surface area contributed by atoms with Crippen LogP contribution in [0.5, 0.6) is 0 Å². The molecule has 0 unspecified atom stereocenters. The number of pyridine rings is 1. The quantitative estimate of drug-likeness (QED) is 0.639. The van der Waals surface area contributed by atoms with Crippen molar-refractivity contribution in [3.05, 3.63) is 95.6 Å². The van der Waals surface area contributed by atoms with Crippen LogP contribution in [0.25, 0.3) is 0 Å². The Hall–Kier alpha value is -3.10. The molecular weight excluding hydrogens is 381 g/mol. The number of sulfonamides is 1. The summed E-state index contributed by atoms with van der Waals surface area (Å²) >= 11 is 0. The minimum atomic E-state index is -3.78. The summed E-state index contributed by atoms with van der Waals surface area (Å²) in [4.78, 5) is 16.2. The molecule has 144 valence electrons. The maximum Gasteiger partial charge on any atom is 0.251 e. The van der Waals surface area contributed by atoms with E-state index in [0.717, 1.165) is 11.1 Å². The fraction of sp³-hybridized carbons (Fsp3) is 0.100. The van der Waals surface area contributed by atoms with Crippen molar-refractivity contribution in [3.63, 3.8) is 0 Å². The van der Waals surface area contributed by atoms with Gasteiger partial charge in [-0.15, -0.1) is 0 Å². The molecule has 1 aromatic heterocycles. The maximum atomic E-state index is 12.9. The monoisotopic (exact) mass is 399 g/mol. The van der Waals surface area contributed by atoms with Crippen LogP contribution >= 0.6 is 0 Å². The van der Waals surface area contributed by atoms with Crippen LogP contribution in [0.1, 0.15) is 21.5 Å². The Balaban J connectivity index is 1.66. The molecule has 28 heavy (non-hydrogen) atoms. The molecule has 0 radical (unpaired) electrons. The van der Waals surface area contributed by atoms with E-state index in [1.165, 1.54) is 36.4 Å². The third-order valence-corrected chi connectivity index (χ3v) is 5.39. The molecule has 3 rings (SSSR count). The highest BCUT2D eigenvalue weighted by Crippen LogP contribution is 2.13. The Morgan fingerprint density at radius 3 is 2.32 bits per heavy atom. The van der Waals surface area contributed by atoms with E-state index in [1.807, 2.05) is 0 Å². The van der Waals surface area contributed by atoms with Gasteiger partial charge in [0.1, 0.15) is 5.82 Å². The molecule has 0 spiro atoms. The molecule has 6 nitrogen and oxygen atoms in total. The fourth-order valence-corrected chi connectivity index (χ4v) is 3.52. The highest BCUT2D eigenvalue weighted by Gasteiger charge is 2.16. The summed E-state index contributed by atoms with van der Waals surface area (Å²) in [6, 6.07) is 14.9. The molecule has 8 heteroatoms. The van der Waals surface area contributed by atoms with E-state index in [-0.39, 0.29) is 29.4 Å². The lowest BCUT2D eigenvalue weighted by Crippen LogP contribution is -2.25. The van der Waals surface area contributed by atoms with Crippen molar-refractivity contribution >= 4 is 15.9 Å². The summed E-state index contributed by atoms with van der Waals surface area (Å²) in [5, 5.41) is 2.69. The van der Waals surface area contributed by atoms with Gasteiger partial charge in [-0.25, -0.2) is 17.5 Å². The molecule has 0 atom stereocenters. The Morgan fingerprint density at radius 1 is 0.929 bits per heavy atom. The van der Waals surface area contributed by atoms with Gasteiger partial charge in [0.25, 0.3) is 5.91 Å². The average Bonchev–Trinajstić information content (AvgIpc) is 2.72. The van der Waals surface area contributed by atoms with E-state index < -0.39 is 15.9 Å². The molecule has 0 aliphatic carbocycles.